The van der Waals surface area contributed by atoms with E-state index in [-0.39, 0.29) is 33.7 Å². The molecule has 0 amide bonds. The monoisotopic (exact) mass is 502 g/mol. The van der Waals surface area contributed by atoms with E-state index in [0.29, 0.717) is 30.6 Å². The zero-order chi connectivity index (χ0) is 24.2. The number of hydrogen-bond donors (Lipinski definition) is 1. The molecule has 1 N–H and O–H groups in total. The van der Waals surface area contributed by atoms with Gasteiger partial charge in [-0.3, -0.25) is 0 Å². The third-order valence-electron chi connectivity index (χ3n) is 4.96. The minimum absolute atomic E-state index is 0.00173. The highest BCUT2D eigenvalue weighted by molar-refractivity contribution is 7.91. The van der Waals surface area contributed by atoms with Gasteiger partial charge in [0, 0.05) is 12.2 Å². The summed E-state index contributed by atoms with van der Waals surface area (Å²) in [7, 11) is -2.13. The number of unbranched alkanes of at least 4 members (excludes halogenated alkanes) is 2. The predicted molar refractivity (Wildman–Crippen MR) is 119 cm³/mol. The van der Waals surface area contributed by atoms with E-state index in [9.17, 15) is 21.6 Å². The molecule has 3 aromatic rings. The summed E-state index contributed by atoms with van der Waals surface area (Å²) in [5, 5.41) is 12.7. The van der Waals surface area contributed by atoms with E-state index >= 15 is 0 Å². The van der Waals surface area contributed by atoms with E-state index in [1.165, 1.54) is 49.6 Å². The Morgan fingerprint density at radius 3 is 2.33 bits per heavy atom. The molecule has 0 spiro atoms. The van der Waals surface area contributed by atoms with E-state index < -0.39 is 21.7 Å². The van der Waals surface area contributed by atoms with E-state index in [0.717, 1.165) is 10.7 Å². The molecule has 2 aromatic carbocycles. The molecule has 11 heteroatoms. The van der Waals surface area contributed by atoms with Crippen molar-refractivity contribution in [2.75, 3.05) is 19.5 Å². The Labute approximate surface area is 194 Å². The zero-order valence-electron chi connectivity index (χ0n) is 17.6. The fraction of sp³-hybridized carbons (Fsp3) is 0.318. The number of hydrogen-bond acceptors (Lipinski definition) is 5. The van der Waals surface area contributed by atoms with Crippen molar-refractivity contribution in [3.63, 3.8) is 0 Å². The van der Waals surface area contributed by atoms with E-state index in [2.05, 4.69) is 5.10 Å². The smallest absolute Gasteiger partial charge is 0.435 e. The lowest BCUT2D eigenvalue weighted by Gasteiger charge is -2.11. The van der Waals surface area contributed by atoms with Gasteiger partial charge in [-0.1, -0.05) is 30.2 Å². The second-order valence-electron chi connectivity index (χ2n) is 7.27. The molecule has 1 heterocycles. The highest BCUT2D eigenvalue weighted by atomic mass is 35.5. The molecule has 0 bridgehead atoms. The van der Waals surface area contributed by atoms with E-state index in [1.54, 1.807) is 0 Å². The van der Waals surface area contributed by atoms with Crippen LogP contribution in [-0.4, -0.2) is 42.8 Å². The molecule has 0 aliphatic rings. The molecule has 33 heavy (non-hydrogen) atoms. The van der Waals surface area contributed by atoms with Gasteiger partial charge in [0.2, 0.25) is 0 Å². The molecule has 0 saturated heterocycles. The number of halogens is 4. The van der Waals surface area contributed by atoms with Crippen LogP contribution in [0.2, 0.25) is 5.02 Å². The molecular weight excluding hydrogens is 481 g/mol. The zero-order valence-corrected chi connectivity index (χ0v) is 19.2. The number of sulfone groups is 1. The fourth-order valence-electron chi connectivity index (χ4n) is 3.24. The molecule has 178 valence electrons. The molecule has 0 saturated carbocycles. The summed E-state index contributed by atoms with van der Waals surface area (Å²) in [5.74, 6) is 0.283. The fourth-order valence-corrected chi connectivity index (χ4v) is 4.86. The number of ether oxygens (including phenoxy) is 1. The maximum Gasteiger partial charge on any atom is 0.435 e. The SMILES string of the molecule is COc1ccc(-n2nc(C(F)(F)F)cc2-c2ccc(S(=O)(=O)CCCCCO)cc2)cc1Cl. The van der Waals surface area contributed by atoms with Crippen LogP contribution in [0.15, 0.2) is 53.4 Å². The summed E-state index contributed by atoms with van der Waals surface area (Å²) in [6, 6.07) is 11.0. The van der Waals surface area contributed by atoms with Gasteiger partial charge in [0.25, 0.3) is 0 Å². The molecule has 3 rings (SSSR count). The second kappa shape index (κ2) is 10.1. The largest absolute Gasteiger partial charge is 0.495 e. The van der Waals surface area contributed by atoms with Crippen molar-refractivity contribution in [1.29, 1.82) is 0 Å². The van der Waals surface area contributed by atoms with Gasteiger partial charge < -0.3 is 9.84 Å². The number of rotatable bonds is 9. The number of aromatic nitrogens is 2. The van der Waals surface area contributed by atoms with Crippen LogP contribution in [-0.2, 0) is 16.0 Å². The van der Waals surface area contributed by atoms with Gasteiger partial charge in [0.1, 0.15) is 5.75 Å². The predicted octanol–water partition coefficient (Wildman–Crippen LogP) is 5.16. The Bertz CT molecular complexity index is 1210. The van der Waals surface area contributed by atoms with Crippen molar-refractivity contribution < 1.29 is 31.4 Å². The molecule has 0 radical (unpaired) electrons. The first-order chi connectivity index (χ1) is 15.6. The molecule has 0 atom stereocenters. The molecule has 6 nitrogen and oxygen atoms in total. The molecular formula is C22H22ClF3N2O4S. The first-order valence-electron chi connectivity index (χ1n) is 10.0. The molecule has 0 unspecified atom stereocenters. The summed E-state index contributed by atoms with van der Waals surface area (Å²) < 4.78 is 71.4. The van der Waals surface area contributed by atoms with E-state index in [4.69, 9.17) is 21.4 Å². The first-order valence-corrected chi connectivity index (χ1v) is 12.0. The van der Waals surface area contributed by atoms with Crippen LogP contribution in [0.1, 0.15) is 25.0 Å². The summed E-state index contributed by atoms with van der Waals surface area (Å²) >= 11 is 6.14. The lowest BCUT2D eigenvalue weighted by molar-refractivity contribution is -0.141. The minimum Gasteiger partial charge on any atom is -0.495 e. The maximum absolute atomic E-state index is 13.4. The number of nitrogens with zero attached hydrogens (tertiary/aromatic N) is 2. The van der Waals surface area contributed by atoms with Gasteiger partial charge in [-0.15, -0.1) is 0 Å². The van der Waals surface area contributed by atoms with Crippen molar-refractivity contribution in [1.82, 2.24) is 9.78 Å². The Kier molecular flexibility index (Phi) is 7.71. The van der Waals surface area contributed by atoms with Crippen molar-refractivity contribution in [2.45, 2.75) is 30.3 Å². The third-order valence-corrected chi connectivity index (χ3v) is 7.07. The average Bonchev–Trinajstić information content (AvgIpc) is 3.23. The average molecular weight is 503 g/mol. The highest BCUT2D eigenvalue weighted by Gasteiger charge is 2.35. The highest BCUT2D eigenvalue weighted by Crippen LogP contribution is 2.35. The second-order valence-corrected chi connectivity index (χ2v) is 9.79. The van der Waals surface area contributed by atoms with Crippen LogP contribution >= 0.6 is 11.6 Å². The van der Waals surface area contributed by atoms with Crippen LogP contribution in [0.3, 0.4) is 0 Å². The van der Waals surface area contributed by atoms with Crippen LogP contribution in [0.25, 0.3) is 16.9 Å². The van der Waals surface area contributed by atoms with Gasteiger partial charge in [-0.25, -0.2) is 13.1 Å². The van der Waals surface area contributed by atoms with Crippen LogP contribution in [0.5, 0.6) is 5.75 Å². The summed E-state index contributed by atoms with van der Waals surface area (Å²) in [4.78, 5) is 0.0739. The van der Waals surface area contributed by atoms with Gasteiger partial charge >= 0.3 is 6.18 Å². The topological polar surface area (TPSA) is 81.4 Å². The van der Waals surface area contributed by atoms with Gasteiger partial charge in [0.05, 0.1) is 34.2 Å². The van der Waals surface area contributed by atoms with Crippen LogP contribution < -0.4 is 4.74 Å². The third kappa shape index (κ3) is 5.87. The normalized spacial score (nSPS) is 12.2. The maximum atomic E-state index is 13.4. The summed E-state index contributed by atoms with van der Waals surface area (Å²) in [6.07, 6.45) is -3.16. The number of aliphatic hydroxyl groups excluding tert-OH is 1. The number of aliphatic hydroxyl groups is 1. The number of methoxy groups -OCH3 is 1. The van der Waals surface area contributed by atoms with Gasteiger partial charge in [-0.2, -0.15) is 18.3 Å². The first kappa shape index (κ1) is 25.1. The standard InChI is InChI=1S/C22H22ClF3N2O4S/c1-32-20-10-7-16(13-18(20)23)28-19(14-21(27-28)22(24,25)26)15-5-8-17(9-6-15)33(30,31)12-4-2-3-11-29/h5-10,13-14,29H,2-4,11-12H2,1H3. The molecule has 1 aromatic heterocycles. The molecule has 0 aliphatic heterocycles. The lowest BCUT2D eigenvalue weighted by atomic mass is 10.1. The van der Waals surface area contributed by atoms with E-state index in [1.807, 2.05) is 0 Å². The Morgan fingerprint density at radius 1 is 1.06 bits per heavy atom. The number of benzene rings is 2. The van der Waals surface area contributed by atoms with Crippen LogP contribution in [0.4, 0.5) is 13.2 Å². The van der Waals surface area contributed by atoms with Crippen molar-refractivity contribution >= 4 is 21.4 Å². The number of alkyl halides is 3. The Morgan fingerprint density at radius 2 is 1.76 bits per heavy atom. The summed E-state index contributed by atoms with van der Waals surface area (Å²) in [6.45, 7) is 0.00173. The quantitative estimate of drug-likeness (QED) is 0.409. The summed E-state index contributed by atoms with van der Waals surface area (Å²) in [5.41, 5.74) is -0.337. The van der Waals surface area contributed by atoms with Gasteiger partial charge in [-0.05, 0) is 49.2 Å². The van der Waals surface area contributed by atoms with Crippen molar-refractivity contribution in [3.8, 4) is 22.7 Å². The minimum atomic E-state index is -4.67. The van der Waals surface area contributed by atoms with Gasteiger partial charge in [0.15, 0.2) is 15.5 Å². The molecule has 0 aliphatic carbocycles. The van der Waals surface area contributed by atoms with Crippen molar-refractivity contribution in [2.24, 2.45) is 0 Å². The Hall–Kier alpha value is -2.56. The van der Waals surface area contributed by atoms with Crippen LogP contribution in [0, 0.1) is 0 Å². The Balaban J connectivity index is 1.98. The molecule has 0 fully saturated rings. The lowest BCUT2D eigenvalue weighted by Crippen LogP contribution is -2.08. The van der Waals surface area contributed by atoms with Crippen molar-refractivity contribution in [3.05, 3.63) is 59.2 Å².